The Balaban J connectivity index is 3.02. The Kier molecular flexibility index (Phi) is 9.53. The van der Waals surface area contributed by atoms with Gasteiger partial charge in [-0.2, -0.15) is 0 Å². The van der Waals surface area contributed by atoms with Crippen LogP contribution < -0.4 is 0 Å². The highest BCUT2D eigenvalue weighted by Crippen LogP contribution is 2.09. The normalized spacial score (nSPS) is 13.2. The van der Waals surface area contributed by atoms with E-state index < -0.39 is 0 Å². The van der Waals surface area contributed by atoms with Gasteiger partial charge in [0.2, 0.25) is 0 Å². The zero-order valence-corrected chi connectivity index (χ0v) is 8.82. The van der Waals surface area contributed by atoms with Gasteiger partial charge in [0, 0.05) is 5.88 Å². The van der Waals surface area contributed by atoms with Crippen molar-refractivity contribution in [2.75, 3.05) is 5.88 Å². The Bertz CT molecular complexity index is 85.9. The summed E-state index contributed by atoms with van der Waals surface area (Å²) < 4.78 is 0. The summed E-state index contributed by atoms with van der Waals surface area (Å²) in [5.74, 6) is 0.673. The first-order valence-corrected chi connectivity index (χ1v) is 5.58. The average molecular weight is 193 g/mol. The van der Waals surface area contributed by atoms with E-state index in [0.29, 0.717) is 5.88 Å². The minimum absolute atomic E-state index is 0.111. The molecule has 2 heteroatoms. The van der Waals surface area contributed by atoms with E-state index in [1.807, 2.05) is 0 Å². The number of unbranched alkanes of at least 4 members (excludes halogenated alkanes) is 3. The van der Waals surface area contributed by atoms with Crippen LogP contribution in [0.15, 0.2) is 0 Å². The van der Waals surface area contributed by atoms with Gasteiger partial charge in [0.25, 0.3) is 0 Å². The fourth-order valence-corrected chi connectivity index (χ4v) is 1.42. The van der Waals surface area contributed by atoms with E-state index in [1.165, 1.54) is 19.3 Å². The second-order valence-corrected chi connectivity index (χ2v) is 3.71. The highest BCUT2D eigenvalue weighted by Gasteiger charge is 2.02. The van der Waals surface area contributed by atoms with Crippen LogP contribution in [0.4, 0.5) is 0 Å². The first-order valence-electron chi connectivity index (χ1n) is 5.05. The van der Waals surface area contributed by atoms with Gasteiger partial charge in [-0.05, 0) is 19.3 Å². The molecule has 1 unspecified atom stereocenters. The van der Waals surface area contributed by atoms with Crippen LogP contribution in [0.5, 0.6) is 0 Å². The maximum absolute atomic E-state index is 9.42. The van der Waals surface area contributed by atoms with E-state index in [-0.39, 0.29) is 6.10 Å². The van der Waals surface area contributed by atoms with E-state index in [1.54, 1.807) is 0 Å². The summed E-state index contributed by atoms with van der Waals surface area (Å²) in [5.41, 5.74) is 0. The van der Waals surface area contributed by atoms with Gasteiger partial charge in [0.15, 0.2) is 0 Å². The maximum Gasteiger partial charge on any atom is 0.0540 e. The number of rotatable bonds is 8. The van der Waals surface area contributed by atoms with Crippen molar-refractivity contribution in [3.63, 3.8) is 0 Å². The minimum atomic E-state index is -0.111. The third-order valence-corrected chi connectivity index (χ3v) is 2.33. The molecule has 0 aliphatic carbocycles. The molecular weight excluding hydrogens is 172 g/mol. The molecule has 0 spiro atoms. The van der Waals surface area contributed by atoms with Gasteiger partial charge in [-0.15, -0.1) is 11.6 Å². The van der Waals surface area contributed by atoms with E-state index >= 15 is 0 Å². The van der Waals surface area contributed by atoms with E-state index in [4.69, 9.17) is 11.6 Å². The van der Waals surface area contributed by atoms with Gasteiger partial charge in [0.1, 0.15) is 0 Å². The molecule has 0 aliphatic rings. The number of hydrogen-bond donors (Lipinski definition) is 1. The van der Waals surface area contributed by atoms with Crippen LogP contribution >= 0.6 is 11.6 Å². The third-order valence-electron chi connectivity index (χ3n) is 2.06. The number of hydrogen-bond acceptors (Lipinski definition) is 1. The summed E-state index contributed by atoms with van der Waals surface area (Å²) in [6, 6.07) is 0. The number of halogens is 1. The summed E-state index contributed by atoms with van der Waals surface area (Å²) >= 11 is 5.52. The van der Waals surface area contributed by atoms with Crippen molar-refractivity contribution < 1.29 is 5.11 Å². The van der Waals surface area contributed by atoms with E-state index in [2.05, 4.69) is 6.92 Å². The van der Waals surface area contributed by atoms with Crippen LogP contribution in [0, 0.1) is 0 Å². The zero-order chi connectivity index (χ0) is 9.23. The maximum atomic E-state index is 9.42. The van der Waals surface area contributed by atoms with Crippen molar-refractivity contribution in [2.24, 2.45) is 0 Å². The van der Waals surface area contributed by atoms with Gasteiger partial charge in [-0.1, -0.05) is 32.6 Å². The highest BCUT2D eigenvalue weighted by molar-refractivity contribution is 6.17. The first-order chi connectivity index (χ1) is 5.81. The van der Waals surface area contributed by atoms with Gasteiger partial charge < -0.3 is 5.11 Å². The fraction of sp³-hybridized carbons (Fsp3) is 1.00. The standard InChI is InChI=1S/C10H21ClO/c1-2-3-4-5-7-10(12)8-6-9-11/h10,12H,2-9H2,1H3. The summed E-state index contributed by atoms with van der Waals surface area (Å²) in [4.78, 5) is 0. The molecule has 0 fully saturated rings. The lowest BCUT2D eigenvalue weighted by Crippen LogP contribution is -2.06. The van der Waals surface area contributed by atoms with Crippen molar-refractivity contribution in [3.05, 3.63) is 0 Å². The second-order valence-electron chi connectivity index (χ2n) is 3.33. The average Bonchev–Trinajstić information content (AvgIpc) is 2.09. The molecule has 0 aromatic heterocycles. The first kappa shape index (κ1) is 12.2. The van der Waals surface area contributed by atoms with Crippen LogP contribution in [0.1, 0.15) is 51.9 Å². The Morgan fingerprint density at radius 2 is 1.75 bits per heavy atom. The summed E-state index contributed by atoms with van der Waals surface area (Å²) in [6.07, 6.45) is 7.63. The fourth-order valence-electron chi connectivity index (χ4n) is 1.26. The molecule has 0 saturated carbocycles. The molecule has 0 aromatic carbocycles. The van der Waals surface area contributed by atoms with Crippen LogP contribution in [-0.2, 0) is 0 Å². The molecular formula is C10H21ClO. The van der Waals surface area contributed by atoms with Crippen LogP contribution in [0.3, 0.4) is 0 Å². The molecule has 1 atom stereocenters. The predicted molar refractivity (Wildman–Crippen MR) is 54.7 cm³/mol. The molecule has 0 aromatic rings. The van der Waals surface area contributed by atoms with Crippen molar-refractivity contribution >= 4 is 11.6 Å². The van der Waals surface area contributed by atoms with Crippen LogP contribution in [0.25, 0.3) is 0 Å². The molecule has 0 radical (unpaired) electrons. The lowest BCUT2D eigenvalue weighted by molar-refractivity contribution is 0.150. The number of aliphatic hydroxyl groups excluding tert-OH is 1. The molecule has 0 aliphatic heterocycles. The lowest BCUT2D eigenvalue weighted by Gasteiger charge is -2.08. The minimum Gasteiger partial charge on any atom is -0.393 e. The van der Waals surface area contributed by atoms with Crippen LogP contribution in [-0.4, -0.2) is 17.1 Å². The summed E-state index contributed by atoms with van der Waals surface area (Å²) in [5, 5.41) is 9.42. The number of aliphatic hydroxyl groups is 1. The Morgan fingerprint density at radius 1 is 1.08 bits per heavy atom. The van der Waals surface area contributed by atoms with Gasteiger partial charge in [-0.3, -0.25) is 0 Å². The molecule has 1 nitrogen and oxygen atoms in total. The van der Waals surface area contributed by atoms with Gasteiger partial charge in [0.05, 0.1) is 6.10 Å². The Morgan fingerprint density at radius 3 is 2.33 bits per heavy atom. The van der Waals surface area contributed by atoms with E-state index in [0.717, 1.165) is 25.7 Å². The Hall–Kier alpha value is 0.250. The van der Waals surface area contributed by atoms with Crippen molar-refractivity contribution in [1.29, 1.82) is 0 Å². The van der Waals surface area contributed by atoms with Gasteiger partial charge >= 0.3 is 0 Å². The van der Waals surface area contributed by atoms with Gasteiger partial charge in [-0.25, -0.2) is 0 Å². The monoisotopic (exact) mass is 192 g/mol. The number of alkyl halides is 1. The lowest BCUT2D eigenvalue weighted by atomic mass is 10.1. The molecule has 0 rings (SSSR count). The third kappa shape index (κ3) is 8.35. The summed E-state index contributed by atoms with van der Waals surface area (Å²) in [6.45, 7) is 2.20. The highest BCUT2D eigenvalue weighted by atomic mass is 35.5. The quantitative estimate of drug-likeness (QED) is 0.462. The molecule has 74 valence electrons. The molecule has 0 saturated heterocycles. The largest absolute Gasteiger partial charge is 0.393 e. The molecule has 12 heavy (non-hydrogen) atoms. The zero-order valence-electron chi connectivity index (χ0n) is 8.06. The van der Waals surface area contributed by atoms with E-state index in [9.17, 15) is 5.11 Å². The Labute approximate surface area is 81.1 Å². The van der Waals surface area contributed by atoms with Crippen molar-refractivity contribution in [2.45, 2.75) is 58.0 Å². The summed E-state index contributed by atoms with van der Waals surface area (Å²) in [7, 11) is 0. The van der Waals surface area contributed by atoms with Crippen LogP contribution in [0.2, 0.25) is 0 Å². The molecule has 0 amide bonds. The second kappa shape index (κ2) is 9.34. The SMILES string of the molecule is CCCCCCC(O)CCCCl. The topological polar surface area (TPSA) is 20.2 Å². The smallest absolute Gasteiger partial charge is 0.0540 e. The molecule has 0 bridgehead atoms. The molecule has 0 heterocycles. The van der Waals surface area contributed by atoms with Crippen molar-refractivity contribution in [3.8, 4) is 0 Å². The molecule has 1 N–H and O–H groups in total. The predicted octanol–water partition coefficient (Wildman–Crippen LogP) is 3.34. The van der Waals surface area contributed by atoms with Crippen molar-refractivity contribution in [1.82, 2.24) is 0 Å².